The van der Waals surface area contributed by atoms with E-state index in [4.69, 9.17) is 4.74 Å². The molecule has 0 saturated heterocycles. The predicted octanol–water partition coefficient (Wildman–Crippen LogP) is 3.24. The van der Waals surface area contributed by atoms with Gasteiger partial charge in [0.1, 0.15) is 5.75 Å². The molecular formula is C14H12N2O. The Labute approximate surface area is 99.1 Å². The topological polar surface area (TPSA) is 37.9 Å². The lowest BCUT2D eigenvalue weighted by Gasteiger charge is -2.04. The number of nitrogens with one attached hydrogen (secondary N) is 1. The molecule has 0 spiro atoms. The maximum absolute atomic E-state index is 5.21. The molecule has 0 unspecified atom stereocenters. The van der Waals surface area contributed by atoms with Crippen molar-refractivity contribution in [3.8, 4) is 17.0 Å². The fraction of sp³-hybridized carbons (Fsp3) is 0.0714. The molecule has 0 atom stereocenters. The lowest BCUT2D eigenvalue weighted by Crippen LogP contribution is -1.83. The van der Waals surface area contributed by atoms with Gasteiger partial charge in [-0.1, -0.05) is 18.2 Å². The van der Waals surface area contributed by atoms with E-state index in [0.29, 0.717) is 0 Å². The van der Waals surface area contributed by atoms with E-state index in [1.165, 1.54) is 10.8 Å². The van der Waals surface area contributed by atoms with Crippen molar-refractivity contribution < 1.29 is 4.74 Å². The molecule has 1 aromatic heterocycles. The quantitative estimate of drug-likeness (QED) is 0.725. The van der Waals surface area contributed by atoms with Crippen LogP contribution < -0.4 is 4.74 Å². The van der Waals surface area contributed by atoms with E-state index in [1.807, 2.05) is 18.3 Å². The molecule has 3 aromatic rings. The molecule has 0 amide bonds. The van der Waals surface area contributed by atoms with Gasteiger partial charge in [-0.05, 0) is 29.0 Å². The van der Waals surface area contributed by atoms with Crippen LogP contribution in [0.25, 0.3) is 22.0 Å². The van der Waals surface area contributed by atoms with Gasteiger partial charge in [0.2, 0.25) is 0 Å². The molecule has 84 valence electrons. The summed E-state index contributed by atoms with van der Waals surface area (Å²) >= 11 is 0. The van der Waals surface area contributed by atoms with Crippen molar-refractivity contribution in [3.05, 3.63) is 48.9 Å². The highest BCUT2D eigenvalue weighted by molar-refractivity contribution is 5.87. The summed E-state index contributed by atoms with van der Waals surface area (Å²) in [5.41, 5.74) is 2.08. The van der Waals surface area contributed by atoms with Gasteiger partial charge in [-0.25, -0.2) is 4.98 Å². The largest absolute Gasteiger partial charge is 0.497 e. The average molecular weight is 224 g/mol. The smallest absolute Gasteiger partial charge is 0.119 e. The minimum atomic E-state index is 0.880. The van der Waals surface area contributed by atoms with Crippen LogP contribution in [-0.4, -0.2) is 17.1 Å². The molecule has 1 N–H and O–H groups in total. The fourth-order valence-electron chi connectivity index (χ4n) is 1.93. The molecule has 0 aliphatic heterocycles. The Hall–Kier alpha value is -2.29. The van der Waals surface area contributed by atoms with Crippen molar-refractivity contribution >= 4 is 10.8 Å². The molecule has 0 saturated carbocycles. The molecule has 1 heterocycles. The van der Waals surface area contributed by atoms with Gasteiger partial charge >= 0.3 is 0 Å². The molecule has 0 fully saturated rings. The number of aromatic nitrogens is 2. The highest BCUT2D eigenvalue weighted by Crippen LogP contribution is 2.25. The number of aromatic amines is 1. The van der Waals surface area contributed by atoms with E-state index in [0.717, 1.165) is 17.0 Å². The third kappa shape index (κ3) is 1.76. The second-order valence-electron chi connectivity index (χ2n) is 3.88. The van der Waals surface area contributed by atoms with Gasteiger partial charge in [-0.15, -0.1) is 0 Å². The maximum atomic E-state index is 5.21. The van der Waals surface area contributed by atoms with Gasteiger partial charge in [-0.2, -0.15) is 0 Å². The Kier molecular flexibility index (Phi) is 2.29. The first-order valence-corrected chi connectivity index (χ1v) is 5.44. The minimum absolute atomic E-state index is 0.880. The Balaban J connectivity index is 2.14. The molecule has 3 rings (SSSR count). The Morgan fingerprint density at radius 1 is 1.06 bits per heavy atom. The first-order valence-electron chi connectivity index (χ1n) is 5.44. The Morgan fingerprint density at radius 2 is 1.88 bits per heavy atom. The second-order valence-corrected chi connectivity index (χ2v) is 3.88. The Bertz CT molecular complexity index is 644. The minimum Gasteiger partial charge on any atom is -0.497 e. The van der Waals surface area contributed by atoms with Crippen LogP contribution in [0.15, 0.2) is 48.9 Å². The summed E-state index contributed by atoms with van der Waals surface area (Å²) in [5.74, 6) is 0.880. The van der Waals surface area contributed by atoms with Crippen molar-refractivity contribution in [1.82, 2.24) is 9.97 Å². The number of H-pyrrole nitrogens is 1. The van der Waals surface area contributed by atoms with Crippen molar-refractivity contribution in [2.75, 3.05) is 7.11 Å². The summed E-state index contributed by atoms with van der Waals surface area (Å²) in [6, 6.07) is 12.3. The third-order valence-electron chi connectivity index (χ3n) is 2.84. The van der Waals surface area contributed by atoms with E-state index in [-0.39, 0.29) is 0 Å². The first-order chi connectivity index (χ1) is 8.36. The van der Waals surface area contributed by atoms with E-state index < -0.39 is 0 Å². The van der Waals surface area contributed by atoms with E-state index >= 15 is 0 Å². The number of nitrogens with zero attached hydrogens (tertiary/aromatic N) is 1. The molecule has 0 aliphatic carbocycles. The van der Waals surface area contributed by atoms with Crippen molar-refractivity contribution in [1.29, 1.82) is 0 Å². The fourth-order valence-corrected chi connectivity index (χ4v) is 1.93. The van der Waals surface area contributed by atoms with Crippen LogP contribution in [0.4, 0.5) is 0 Å². The summed E-state index contributed by atoms with van der Waals surface area (Å²) in [6.07, 6.45) is 3.58. The summed E-state index contributed by atoms with van der Waals surface area (Å²) in [7, 11) is 1.68. The number of hydrogen-bond acceptors (Lipinski definition) is 2. The number of methoxy groups -OCH3 is 1. The number of imidazole rings is 1. The van der Waals surface area contributed by atoms with Crippen molar-refractivity contribution in [3.63, 3.8) is 0 Å². The molecular weight excluding hydrogens is 212 g/mol. The monoisotopic (exact) mass is 224 g/mol. The zero-order chi connectivity index (χ0) is 11.7. The SMILES string of the molecule is COc1ccc2cc(-c3c[nH]cn3)ccc2c1. The highest BCUT2D eigenvalue weighted by Gasteiger charge is 2.02. The van der Waals surface area contributed by atoms with Crippen LogP contribution in [0.5, 0.6) is 5.75 Å². The van der Waals surface area contributed by atoms with Crippen LogP contribution in [0.2, 0.25) is 0 Å². The van der Waals surface area contributed by atoms with E-state index in [1.54, 1.807) is 13.4 Å². The van der Waals surface area contributed by atoms with E-state index in [9.17, 15) is 0 Å². The van der Waals surface area contributed by atoms with Crippen LogP contribution in [0, 0.1) is 0 Å². The summed E-state index contributed by atoms with van der Waals surface area (Å²) < 4.78 is 5.21. The molecule has 17 heavy (non-hydrogen) atoms. The average Bonchev–Trinajstić information content (AvgIpc) is 2.91. The van der Waals surface area contributed by atoms with E-state index in [2.05, 4.69) is 34.2 Å². The van der Waals surface area contributed by atoms with Crippen LogP contribution in [0.3, 0.4) is 0 Å². The zero-order valence-electron chi connectivity index (χ0n) is 9.47. The lowest BCUT2D eigenvalue weighted by atomic mass is 10.1. The number of benzene rings is 2. The van der Waals surface area contributed by atoms with Crippen LogP contribution in [-0.2, 0) is 0 Å². The summed E-state index contributed by atoms with van der Waals surface area (Å²) in [4.78, 5) is 7.21. The normalized spacial score (nSPS) is 10.6. The first kappa shape index (κ1) is 9.90. The van der Waals surface area contributed by atoms with Gasteiger partial charge in [0.25, 0.3) is 0 Å². The molecule has 0 radical (unpaired) electrons. The number of ether oxygens (including phenoxy) is 1. The molecule has 0 aliphatic rings. The number of rotatable bonds is 2. The molecule has 3 heteroatoms. The third-order valence-corrected chi connectivity index (χ3v) is 2.84. The summed E-state index contributed by atoms with van der Waals surface area (Å²) in [6.45, 7) is 0. The second kappa shape index (κ2) is 3.94. The molecule has 0 bridgehead atoms. The van der Waals surface area contributed by atoms with Gasteiger partial charge in [-0.3, -0.25) is 0 Å². The van der Waals surface area contributed by atoms with Crippen molar-refractivity contribution in [2.24, 2.45) is 0 Å². The number of hydrogen-bond donors (Lipinski definition) is 1. The molecule has 3 nitrogen and oxygen atoms in total. The van der Waals surface area contributed by atoms with Gasteiger partial charge < -0.3 is 9.72 Å². The predicted molar refractivity (Wildman–Crippen MR) is 68.1 cm³/mol. The van der Waals surface area contributed by atoms with Crippen LogP contribution >= 0.6 is 0 Å². The van der Waals surface area contributed by atoms with Gasteiger partial charge in [0.05, 0.1) is 19.1 Å². The standard InChI is InChI=1S/C14H12N2O/c1-17-13-5-4-10-6-12(3-2-11(10)7-13)14-8-15-9-16-14/h2-9H,1H3,(H,15,16). The summed E-state index contributed by atoms with van der Waals surface area (Å²) in [5, 5.41) is 2.36. The lowest BCUT2D eigenvalue weighted by molar-refractivity contribution is 0.415. The molecule has 2 aromatic carbocycles. The maximum Gasteiger partial charge on any atom is 0.119 e. The number of fused-ring (bicyclic) bond motifs is 1. The van der Waals surface area contributed by atoms with Crippen LogP contribution in [0.1, 0.15) is 0 Å². The zero-order valence-corrected chi connectivity index (χ0v) is 9.47. The van der Waals surface area contributed by atoms with Gasteiger partial charge in [0, 0.05) is 11.8 Å². The van der Waals surface area contributed by atoms with Gasteiger partial charge in [0.15, 0.2) is 0 Å². The Morgan fingerprint density at radius 3 is 2.65 bits per heavy atom. The highest BCUT2D eigenvalue weighted by atomic mass is 16.5. The van der Waals surface area contributed by atoms with Crippen molar-refractivity contribution in [2.45, 2.75) is 0 Å².